The number of amides is 1. The van der Waals surface area contributed by atoms with E-state index in [0.29, 0.717) is 18.1 Å². The van der Waals surface area contributed by atoms with Gasteiger partial charge < -0.3 is 9.84 Å². The number of carbonyl (C=O) groups is 1. The van der Waals surface area contributed by atoms with Crippen LogP contribution in [-0.4, -0.2) is 29.2 Å². The monoisotopic (exact) mass is 353 g/mol. The number of thiophene rings is 1. The maximum absolute atomic E-state index is 12.5. The lowest BCUT2D eigenvalue weighted by Crippen LogP contribution is -2.36. The normalized spacial score (nSPS) is 17.6. The lowest BCUT2D eigenvalue weighted by molar-refractivity contribution is 0.0582. The molecule has 1 unspecified atom stereocenters. The van der Waals surface area contributed by atoms with E-state index < -0.39 is 11.7 Å². The first-order valence-electron chi connectivity index (χ1n) is 7.53. The van der Waals surface area contributed by atoms with Crippen molar-refractivity contribution >= 4 is 44.8 Å². The van der Waals surface area contributed by atoms with Crippen LogP contribution < -0.4 is 4.90 Å². The second-order valence-electron chi connectivity index (χ2n) is 6.87. The molecule has 3 rings (SSSR count). The first-order valence-corrected chi connectivity index (χ1v) is 8.89. The van der Waals surface area contributed by atoms with Crippen LogP contribution in [0.4, 0.5) is 10.5 Å². The lowest BCUT2D eigenvalue weighted by atomic mass is 10.0. The van der Waals surface area contributed by atoms with Gasteiger partial charge in [0.05, 0.1) is 5.69 Å². The first-order chi connectivity index (χ1) is 10.7. The fraction of sp³-hybridized carbons (Fsp3) is 0.471. The zero-order valence-corrected chi connectivity index (χ0v) is 15.2. The van der Waals surface area contributed by atoms with Crippen LogP contribution >= 0.6 is 22.9 Å². The Hall–Kier alpha value is -1.46. The number of aryl methyl sites for hydroxylation is 1. The van der Waals surface area contributed by atoms with Crippen molar-refractivity contribution in [3.8, 4) is 5.75 Å². The summed E-state index contributed by atoms with van der Waals surface area (Å²) in [6.07, 6.45) is -0.404. The third-order valence-electron chi connectivity index (χ3n) is 3.83. The number of ether oxygens (including phenoxy) is 1. The van der Waals surface area contributed by atoms with Gasteiger partial charge in [-0.3, -0.25) is 4.90 Å². The van der Waals surface area contributed by atoms with E-state index in [2.05, 4.69) is 0 Å². The lowest BCUT2D eigenvalue weighted by Gasteiger charge is -2.25. The molecule has 1 N–H and O–H groups in total. The molecule has 1 aromatic carbocycles. The standard InChI is InChI=1S/C17H20ClNO3S/c1-9-5-11-13(20)6-12-14(15(11)23-9)10(7-18)8-19(12)16(21)22-17(2,3)4/h5-6,10,20H,7-8H2,1-4H3. The predicted octanol–water partition coefficient (Wildman–Crippen LogP) is 4.99. The molecule has 0 spiro atoms. The summed E-state index contributed by atoms with van der Waals surface area (Å²) in [6.45, 7) is 7.99. The van der Waals surface area contributed by atoms with E-state index in [4.69, 9.17) is 16.3 Å². The highest BCUT2D eigenvalue weighted by atomic mass is 35.5. The van der Waals surface area contributed by atoms with Gasteiger partial charge in [0.15, 0.2) is 0 Å². The van der Waals surface area contributed by atoms with Gasteiger partial charge in [0.25, 0.3) is 0 Å². The number of hydrogen-bond acceptors (Lipinski definition) is 4. The van der Waals surface area contributed by atoms with E-state index in [1.54, 1.807) is 22.3 Å². The van der Waals surface area contributed by atoms with Gasteiger partial charge in [-0.2, -0.15) is 0 Å². The van der Waals surface area contributed by atoms with Gasteiger partial charge in [-0.05, 0) is 33.8 Å². The maximum atomic E-state index is 12.5. The highest BCUT2D eigenvalue weighted by Gasteiger charge is 2.37. The van der Waals surface area contributed by atoms with Crippen LogP contribution in [0.3, 0.4) is 0 Å². The molecule has 1 aromatic heterocycles. The number of rotatable bonds is 1. The van der Waals surface area contributed by atoms with Crippen LogP contribution in [0.15, 0.2) is 12.1 Å². The molecule has 2 heterocycles. The summed E-state index contributed by atoms with van der Waals surface area (Å²) in [7, 11) is 0. The zero-order chi connectivity index (χ0) is 16.9. The number of anilines is 1. The molecular formula is C17H20ClNO3S. The number of halogens is 1. The van der Waals surface area contributed by atoms with Gasteiger partial charge in [-0.1, -0.05) is 0 Å². The Morgan fingerprint density at radius 3 is 2.78 bits per heavy atom. The molecule has 0 radical (unpaired) electrons. The van der Waals surface area contributed by atoms with E-state index in [0.717, 1.165) is 20.5 Å². The summed E-state index contributed by atoms with van der Waals surface area (Å²) in [5.74, 6) is 0.649. The Bertz CT molecular complexity index is 778. The molecule has 0 saturated carbocycles. The van der Waals surface area contributed by atoms with Crippen molar-refractivity contribution in [1.29, 1.82) is 0 Å². The van der Waals surface area contributed by atoms with Gasteiger partial charge in [0.2, 0.25) is 0 Å². The van der Waals surface area contributed by atoms with Gasteiger partial charge in [0, 0.05) is 44.9 Å². The maximum Gasteiger partial charge on any atom is 0.414 e. The smallest absolute Gasteiger partial charge is 0.414 e. The van der Waals surface area contributed by atoms with Crippen molar-refractivity contribution in [3.63, 3.8) is 0 Å². The minimum absolute atomic E-state index is 0.0420. The van der Waals surface area contributed by atoms with Gasteiger partial charge in [-0.25, -0.2) is 4.79 Å². The number of benzene rings is 1. The molecule has 2 aromatic rings. The number of hydrogen-bond donors (Lipinski definition) is 1. The number of phenolic OH excluding ortho intramolecular Hbond substituents is 1. The Morgan fingerprint density at radius 2 is 2.17 bits per heavy atom. The molecule has 0 bridgehead atoms. The highest BCUT2D eigenvalue weighted by molar-refractivity contribution is 7.19. The number of phenols is 1. The molecule has 0 aliphatic carbocycles. The summed E-state index contributed by atoms with van der Waals surface area (Å²) >= 11 is 7.77. The molecule has 124 valence electrons. The van der Waals surface area contributed by atoms with Crippen molar-refractivity contribution in [1.82, 2.24) is 0 Å². The molecular weight excluding hydrogens is 334 g/mol. The third-order valence-corrected chi connectivity index (χ3v) is 5.28. The summed E-state index contributed by atoms with van der Waals surface area (Å²) in [4.78, 5) is 15.2. The fourth-order valence-corrected chi connectivity index (χ4v) is 4.35. The quantitative estimate of drug-likeness (QED) is 0.734. The summed E-state index contributed by atoms with van der Waals surface area (Å²) in [6, 6.07) is 3.62. The number of alkyl halides is 1. The molecule has 1 aliphatic rings. The average molecular weight is 354 g/mol. The van der Waals surface area contributed by atoms with E-state index in [9.17, 15) is 9.90 Å². The fourth-order valence-electron chi connectivity index (χ4n) is 2.95. The Kier molecular flexibility index (Phi) is 3.97. The van der Waals surface area contributed by atoms with Crippen molar-refractivity contribution in [3.05, 3.63) is 22.6 Å². The predicted molar refractivity (Wildman–Crippen MR) is 95.3 cm³/mol. The first kappa shape index (κ1) is 16.4. The Morgan fingerprint density at radius 1 is 1.48 bits per heavy atom. The van der Waals surface area contributed by atoms with E-state index in [-0.39, 0.29) is 11.7 Å². The SMILES string of the molecule is Cc1cc2c(O)cc3c(c2s1)C(CCl)CN3C(=O)OC(C)(C)C. The second kappa shape index (κ2) is 5.56. The van der Waals surface area contributed by atoms with Gasteiger partial charge >= 0.3 is 6.09 Å². The van der Waals surface area contributed by atoms with Crippen LogP contribution in [0.2, 0.25) is 0 Å². The van der Waals surface area contributed by atoms with Crippen LogP contribution in [0.1, 0.15) is 37.1 Å². The van der Waals surface area contributed by atoms with Gasteiger partial charge in [-0.15, -0.1) is 22.9 Å². The third kappa shape index (κ3) is 2.88. The van der Waals surface area contributed by atoms with Crippen LogP contribution in [-0.2, 0) is 4.74 Å². The molecule has 0 saturated heterocycles. The Balaban J connectivity index is 2.12. The highest BCUT2D eigenvalue weighted by Crippen LogP contribution is 2.48. The topological polar surface area (TPSA) is 49.8 Å². The van der Waals surface area contributed by atoms with Gasteiger partial charge in [0.1, 0.15) is 11.4 Å². The van der Waals surface area contributed by atoms with Crippen molar-refractivity contribution < 1.29 is 14.6 Å². The summed E-state index contributed by atoms with van der Waals surface area (Å²) < 4.78 is 6.50. The molecule has 0 fully saturated rings. The van der Waals surface area contributed by atoms with Crippen LogP contribution in [0.5, 0.6) is 5.75 Å². The molecule has 23 heavy (non-hydrogen) atoms. The largest absolute Gasteiger partial charge is 0.507 e. The summed E-state index contributed by atoms with van der Waals surface area (Å²) in [5, 5.41) is 11.2. The number of carbonyl (C=O) groups excluding carboxylic acids is 1. The van der Waals surface area contributed by atoms with Crippen molar-refractivity contribution in [2.45, 2.75) is 39.2 Å². The molecule has 1 aliphatic heterocycles. The van der Waals surface area contributed by atoms with E-state index >= 15 is 0 Å². The zero-order valence-electron chi connectivity index (χ0n) is 13.6. The number of aromatic hydroxyl groups is 1. The Labute approximate surface area is 144 Å². The van der Waals surface area contributed by atoms with Crippen LogP contribution in [0.25, 0.3) is 10.1 Å². The van der Waals surface area contributed by atoms with E-state index in [1.165, 1.54) is 0 Å². The summed E-state index contributed by atoms with van der Waals surface area (Å²) in [5.41, 5.74) is 1.18. The molecule has 4 nitrogen and oxygen atoms in total. The minimum atomic E-state index is -0.567. The average Bonchev–Trinajstić information content (AvgIpc) is 2.97. The van der Waals surface area contributed by atoms with E-state index in [1.807, 2.05) is 33.8 Å². The number of nitrogens with zero attached hydrogens (tertiary/aromatic N) is 1. The second-order valence-corrected chi connectivity index (χ2v) is 8.44. The number of fused-ring (bicyclic) bond motifs is 3. The van der Waals surface area contributed by atoms with Crippen molar-refractivity contribution in [2.24, 2.45) is 0 Å². The molecule has 6 heteroatoms. The molecule has 1 amide bonds. The van der Waals surface area contributed by atoms with Crippen LogP contribution in [0, 0.1) is 6.92 Å². The van der Waals surface area contributed by atoms with Crippen molar-refractivity contribution in [2.75, 3.05) is 17.3 Å². The minimum Gasteiger partial charge on any atom is -0.507 e. The molecule has 1 atom stereocenters.